The van der Waals surface area contributed by atoms with Crippen LogP contribution in [0.15, 0.2) is 0 Å². The zero-order chi connectivity index (χ0) is 10.0. The SMILES string of the molecule is CC(N)O[C@H]1O[C@H](CO)[C@@H](O)[C@H]1O. The summed E-state index contributed by atoms with van der Waals surface area (Å²) < 4.78 is 9.95. The molecule has 1 heterocycles. The van der Waals surface area contributed by atoms with Gasteiger partial charge in [-0.2, -0.15) is 0 Å². The molecule has 1 fully saturated rings. The minimum Gasteiger partial charge on any atom is -0.394 e. The highest BCUT2D eigenvalue weighted by Gasteiger charge is 2.43. The molecule has 5 N–H and O–H groups in total. The number of rotatable bonds is 3. The van der Waals surface area contributed by atoms with E-state index in [-0.39, 0.29) is 6.61 Å². The van der Waals surface area contributed by atoms with E-state index in [9.17, 15) is 10.2 Å². The van der Waals surface area contributed by atoms with Gasteiger partial charge in [-0.05, 0) is 6.92 Å². The van der Waals surface area contributed by atoms with Gasteiger partial charge < -0.3 is 30.5 Å². The van der Waals surface area contributed by atoms with Gasteiger partial charge in [0.2, 0.25) is 0 Å². The molecule has 0 spiro atoms. The third-order valence-corrected chi connectivity index (χ3v) is 1.85. The van der Waals surface area contributed by atoms with E-state index >= 15 is 0 Å². The van der Waals surface area contributed by atoms with Crippen molar-refractivity contribution in [2.45, 2.75) is 37.8 Å². The van der Waals surface area contributed by atoms with Gasteiger partial charge >= 0.3 is 0 Å². The molecule has 6 heteroatoms. The third kappa shape index (κ3) is 2.37. The van der Waals surface area contributed by atoms with Crippen molar-refractivity contribution in [1.29, 1.82) is 0 Å². The lowest BCUT2D eigenvalue weighted by atomic mass is 10.1. The van der Waals surface area contributed by atoms with Crippen LogP contribution in [-0.2, 0) is 9.47 Å². The fourth-order valence-electron chi connectivity index (χ4n) is 1.19. The molecule has 1 aliphatic rings. The first-order chi connectivity index (χ1) is 6.06. The summed E-state index contributed by atoms with van der Waals surface area (Å²) in [6.45, 7) is 1.21. The molecular weight excluding hydrogens is 178 g/mol. The highest BCUT2D eigenvalue weighted by molar-refractivity contribution is 4.86. The van der Waals surface area contributed by atoms with Crippen molar-refractivity contribution in [3.05, 3.63) is 0 Å². The van der Waals surface area contributed by atoms with Crippen molar-refractivity contribution in [2.24, 2.45) is 5.73 Å². The van der Waals surface area contributed by atoms with Gasteiger partial charge in [0.15, 0.2) is 6.29 Å². The molecule has 0 aromatic rings. The maximum atomic E-state index is 9.34. The Morgan fingerprint density at radius 3 is 2.46 bits per heavy atom. The molecular formula is C7H15NO5. The Balaban J connectivity index is 2.50. The van der Waals surface area contributed by atoms with Crippen molar-refractivity contribution in [3.8, 4) is 0 Å². The molecule has 0 bridgehead atoms. The van der Waals surface area contributed by atoms with Crippen LogP contribution in [0.4, 0.5) is 0 Å². The maximum absolute atomic E-state index is 9.34. The molecule has 0 radical (unpaired) electrons. The Hall–Kier alpha value is -0.240. The second-order valence-electron chi connectivity index (χ2n) is 3.05. The number of aliphatic hydroxyl groups excluding tert-OH is 3. The predicted octanol–water partition coefficient (Wildman–Crippen LogP) is -2.25. The van der Waals surface area contributed by atoms with E-state index in [4.69, 9.17) is 20.3 Å². The largest absolute Gasteiger partial charge is 0.394 e. The molecule has 1 saturated heterocycles. The van der Waals surface area contributed by atoms with Crippen LogP contribution in [-0.4, -0.2) is 52.8 Å². The van der Waals surface area contributed by atoms with Gasteiger partial charge in [0.1, 0.15) is 24.5 Å². The summed E-state index contributed by atoms with van der Waals surface area (Å²) in [5.74, 6) is 0. The normalized spacial score (nSPS) is 42.2. The average Bonchev–Trinajstić information content (AvgIpc) is 2.32. The van der Waals surface area contributed by atoms with E-state index in [1.54, 1.807) is 6.92 Å². The van der Waals surface area contributed by atoms with Crippen LogP contribution in [0.2, 0.25) is 0 Å². The van der Waals surface area contributed by atoms with E-state index < -0.39 is 30.8 Å². The molecule has 1 unspecified atom stereocenters. The Morgan fingerprint density at radius 1 is 1.46 bits per heavy atom. The Morgan fingerprint density at radius 2 is 2.08 bits per heavy atom. The standard InChI is InChI=1S/C7H15NO5/c1-3(8)12-7-6(11)5(10)4(2-9)13-7/h3-7,9-11H,2,8H2,1H3/t3?,4-,5-,6-,7+/m1/s1. The minimum absolute atomic E-state index is 0.364. The number of nitrogens with two attached hydrogens (primary N) is 1. The number of aliphatic hydroxyl groups is 3. The minimum atomic E-state index is -1.16. The van der Waals surface area contributed by atoms with Gasteiger partial charge in [-0.3, -0.25) is 0 Å². The average molecular weight is 193 g/mol. The van der Waals surface area contributed by atoms with E-state index in [1.807, 2.05) is 0 Å². The molecule has 1 rings (SSSR count). The Labute approximate surface area is 75.9 Å². The lowest BCUT2D eigenvalue weighted by molar-refractivity contribution is -0.189. The first kappa shape index (κ1) is 10.8. The van der Waals surface area contributed by atoms with Crippen LogP contribution in [0.1, 0.15) is 6.92 Å². The first-order valence-corrected chi connectivity index (χ1v) is 4.09. The fraction of sp³-hybridized carbons (Fsp3) is 1.00. The van der Waals surface area contributed by atoms with Crippen molar-refractivity contribution >= 4 is 0 Å². The molecule has 0 saturated carbocycles. The zero-order valence-corrected chi connectivity index (χ0v) is 7.33. The second-order valence-corrected chi connectivity index (χ2v) is 3.05. The summed E-state index contributed by atoms with van der Waals surface area (Å²) in [6, 6.07) is 0. The van der Waals surface area contributed by atoms with Crippen molar-refractivity contribution in [1.82, 2.24) is 0 Å². The van der Waals surface area contributed by atoms with E-state index in [0.717, 1.165) is 0 Å². The molecule has 1 aliphatic heterocycles. The van der Waals surface area contributed by atoms with Gasteiger partial charge in [-0.25, -0.2) is 0 Å². The molecule has 0 aromatic carbocycles. The molecule has 0 aliphatic carbocycles. The highest BCUT2D eigenvalue weighted by atomic mass is 16.7. The van der Waals surface area contributed by atoms with Crippen molar-refractivity contribution in [3.63, 3.8) is 0 Å². The van der Waals surface area contributed by atoms with Gasteiger partial charge in [-0.15, -0.1) is 0 Å². The van der Waals surface area contributed by atoms with Crippen LogP contribution in [0.5, 0.6) is 0 Å². The summed E-state index contributed by atoms with van der Waals surface area (Å²) >= 11 is 0. The highest BCUT2D eigenvalue weighted by Crippen LogP contribution is 2.22. The van der Waals surface area contributed by atoms with E-state index in [1.165, 1.54) is 0 Å². The Bertz CT molecular complexity index is 165. The lowest BCUT2D eigenvalue weighted by Gasteiger charge is -2.17. The van der Waals surface area contributed by atoms with Crippen molar-refractivity contribution in [2.75, 3.05) is 6.61 Å². The number of hydrogen-bond donors (Lipinski definition) is 4. The topological polar surface area (TPSA) is 105 Å². The van der Waals surface area contributed by atoms with Gasteiger partial charge in [0.25, 0.3) is 0 Å². The number of ether oxygens (including phenoxy) is 2. The Kier molecular flexibility index (Phi) is 3.60. The van der Waals surface area contributed by atoms with Crippen LogP contribution in [0, 0.1) is 0 Å². The summed E-state index contributed by atoms with van der Waals surface area (Å²) in [5.41, 5.74) is 5.31. The third-order valence-electron chi connectivity index (χ3n) is 1.85. The summed E-state index contributed by atoms with van der Waals surface area (Å²) in [7, 11) is 0. The predicted molar refractivity (Wildman–Crippen MR) is 42.5 cm³/mol. The molecule has 78 valence electrons. The van der Waals surface area contributed by atoms with Crippen LogP contribution in [0.25, 0.3) is 0 Å². The lowest BCUT2D eigenvalue weighted by Crippen LogP contribution is -2.37. The second kappa shape index (κ2) is 4.32. The smallest absolute Gasteiger partial charge is 0.188 e. The monoisotopic (exact) mass is 193 g/mol. The van der Waals surface area contributed by atoms with E-state index in [2.05, 4.69) is 0 Å². The fourth-order valence-corrected chi connectivity index (χ4v) is 1.19. The molecule has 0 aromatic heterocycles. The quantitative estimate of drug-likeness (QED) is 0.377. The van der Waals surface area contributed by atoms with Crippen molar-refractivity contribution < 1.29 is 24.8 Å². The van der Waals surface area contributed by atoms with E-state index in [0.29, 0.717) is 0 Å². The molecule has 5 atom stereocenters. The summed E-state index contributed by atoms with van der Waals surface area (Å²) in [4.78, 5) is 0. The zero-order valence-electron chi connectivity index (χ0n) is 7.33. The molecule has 13 heavy (non-hydrogen) atoms. The summed E-state index contributed by atoms with van der Waals surface area (Å²) in [6.07, 6.45) is -4.66. The summed E-state index contributed by atoms with van der Waals surface area (Å²) in [5, 5.41) is 27.3. The van der Waals surface area contributed by atoms with Gasteiger partial charge in [-0.1, -0.05) is 0 Å². The van der Waals surface area contributed by atoms with Crippen LogP contribution in [0.3, 0.4) is 0 Å². The maximum Gasteiger partial charge on any atom is 0.188 e. The number of hydrogen-bond acceptors (Lipinski definition) is 6. The first-order valence-electron chi connectivity index (χ1n) is 4.09. The van der Waals surface area contributed by atoms with Gasteiger partial charge in [0.05, 0.1) is 6.61 Å². The van der Waals surface area contributed by atoms with Crippen LogP contribution >= 0.6 is 0 Å². The van der Waals surface area contributed by atoms with Crippen LogP contribution < -0.4 is 5.73 Å². The molecule has 6 nitrogen and oxygen atoms in total. The van der Waals surface area contributed by atoms with Gasteiger partial charge in [0, 0.05) is 0 Å². The molecule has 0 amide bonds.